The fourth-order valence-corrected chi connectivity index (χ4v) is 2.94. The third kappa shape index (κ3) is 1.78. The van der Waals surface area contributed by atoms with Crippen LogP contribution in [-0.2, 0) is 14.3 Å². The largest absolute Gasteiger partial charge is 0.512 e. The van der Waals surface area contributed by atoms with Gasteiger partial charge in [0.05, 0.1) is 11.7 Å². The van der Waals surface area contributed by atoms with Gasteiger partial charge in [-0.2, -0.15) is 0 Å². The van der Waals surface area contributed by atoms with Gasteiger partial charge in [-0.05, 0) is 25.2 Å². The van der Waals surface area contributed by atoms with Gasteiger partial charge in [-0.15, -0.1) is 0 Å². The van der Waals surface area contributed by atoms with Crippen molar-refractivity contribution in [1.82, 2.24) is 0 Å². The Kier molecular flexibility index (Phi) is 2.84. The second-order valence-corrected chi connectivity index (χ2v) is 4.73. The molecule has 1 spiro atoms. The van der Waals surface area contributed by atoms with Crippen LogP contribution in [0.2, 0.25) is 0 Å². The van der Waals surface area contributed by atoms with Crippen molar-refractivity contribution < 1.29 is 19.4 Å². The summed E-state index contributed by atoms with van der Waals surface area (Å²) >= 11 is 0. The van der Waals surface area contributed by atoms with Crippen molar-refractivity contribution in [2.45, 2.75) is 26.2 Å². The standard InChI is InChI=1S/C12H16O4/c1-8(13)11-10(15)6-9(14)7-12(11)2-4-16-5-3-12/h6,11,14H,2-5,7H2,1H3. The van der Waals surface area contributed by atoms with E-state index in [9.17, 15) is 14.7 Å². The second kappa shape index (κ2) is 4.01. The summed E-state index contributed by atoms with van der Waals surface area (Å²) in [5.41, 5.74) is -0.403. The van der Waals surface area contributed by atoms with E-state index in [1.165, 1.54) is 13.0 Å². The van der Waals surface area contributed by atoms with E-state index in [2.05, 4.69) is 0 Å². The molecular formula is C12H16O4. The van der Waals surface area contributed by atoms with Crippen molar-refractivity contribution in [2.75, 3.05) is 13.2 Å². The second-order valence-electron chi connectivity index (χ2n) is 4.73. The maximum Gasteiger partial charge on any atom is 0.170 e. The summed E-state index contributed by atoms with van der Waals surface area (Å²) in [7, 11) is 0. The molecule has 2 aliphatic rings. The van der Waals surface area contributed by atoms with Crippen LogP contribution < -0.4 is 0 Å². The maximum absolute atomic E-state index is 11.8. The van der Waals surface area contributed by atoms with Crippen molar-refractivity contribution in [1.29, 1.82) is 0 Å². The first-order chi connectivity index (χ1) is 7.55. The number of Topliss-reactive ketones (excluding diaryl/α,β-unsaturated/α-hetero) is 1. The number of ketones is 2. The van der Waals surface area contributed by atoms with E-state index in [1.54, 1.807) is 0 Å². The first-order valence-corrected chi connectivity index (χ1v) is 5.57. The Morgan fingerprint density at radius 3 is 2.69 bits per heavy atom. The van der Waals surface area contributed by atoms with Crippen LogP contribution >= 0.6 is 0 Å². The number of carbonyl (C=O) groups is 2. The van der Waals surface area contributed by atoms with Crippen molar-refractivity contribution in [3.05, 3.63) is 11.8 Å². The number of aliphatic hydroxyl groups excluding tert-OH is 1. The molecule has 0 aromatic rings. The van der Waals surface area contributed by atoms with E-state index in [0.717, 1.165) is 0 Å². The lowest BCUT2D eigenvalue weighted by Gasteiger charge is -2.43. The van der Waals surface area contributed by atoms with Crippen LogP contribution in [0.3, 0.4) is 0 Å². The van der Waals surface area contributed by atoms with Crippen LogP contribution in [0.5, 0.6) is 0 Å². The minimum absolute atomic E-state index is 0.101. The van der Waals surface area contributed by atoms with Gasteiger partial charge in [-0.1, -0.05) is 0 Å². The Labute approximate surface area is 94.3 Å². The third-order valence-electron chi connectivity index (χ3n) is 3.63. The molecular weight excluding hydrogens is 208 g/mol. The summed E-state index contributed by atoms with van der Waals surface area (Å²) in [6, 6.07) is 0. The highest BCUT2D eigenvalue weighted by Crippen LogP contribution is 2.46. The molecule has 0 amide bonds. The van der Waals surface area contributed by atoms with Crippen molar-refractivity contribution in [3.8, 4) is 0 Å². The van der Waals surface area contributed by atoms with Gasteiger partial charge in [0.1, 0.15) is 5.78 Å². The van der Waals surface area contributed by atoms with E-state index in [4.69, 9.17) is 4.74 Å². The van der Waals surface area contributed by atoms with E-state index in [0.29, 0.717) is 32.5 Å². The van der Waals surface area contributed by atoms with Crippen LogP contribution in [0.1, 0.15) is 26.2 Å². The zero-order valence-corrected chi connectivity index (χ0v) is 9.36. The molecule has 4 heteroatoms. The molecule has 4 nitrogen and oxygen atoms in total. The van der Waals surface area contributed by atoms with Crippen molar-refractivity contribution in [3.63, 3.8) is 0 Å². The summed E-state index contributed by atoms with van der Waals surface area (Å²) < 4.78 is 5.27. The first-order valence-electron chi connectivity index (χ1n) is 5.57. The lowest BCUT2D eigenvalue weighted by molar-refractivity contribution is -0.140. The van der Waals surface area contributed by atoms with Gasteiger partial charge in [0.2, 0.25) is 0 Å². The molecule has 0 aromatic heterocycles. The summed E-state index contributed by atoms with van der Waals surface area (Å²) in [6.45, 7) is 2.57. The molecule has 88 valence electrons. The minimum Gasteiger partial charge on any atom is -0.512 e. The predicted octanol–water partition coefficient (Wildman–Crippen LogP) is 1.40. The predicted molar refractivity (Wildman–Crippen MR) is 57.0 cm³/mol. The molecule has 0 aromatic carbocycles. The van der Waals surface area contributed by atoms with Crippen LogP contribution in [0, 0.1) is 11.3 Å². The fourth-order valence-electron chi connectivity index (χ4n) is 2.94. The number of aliphatic hydroxyl groups is 1. The third-order valence-corrected chi connectivity index (χ3v) is 3.63. The van der Waals surface area contributed by atoms with E-state index in [-0.39, 0.29) is 17.3 Å². The van der Waals surface area contributed by atoms with Gasteiger partial charge in [-0.3, -0.25) is 9.59 Å². The molecule has 0 radical (unpaired) electrons. The topological polar surface area (TPSA) is 63.6 Å². The van der Waals surface area contributed by atoms with Gasteiger partial charge in [-0.25, -0.2) is 0 Å². The van der Waals surface area contributed by atoms with Crippen LogP contribution in [-0.4, -0.2) is 29.9 Å². The molecule has 1 aliphatic heterocycles. The zero-order chi connectivity index (χ0) is 11.8. The number of allylic oxidation sites excluding steroid dienone is 2. The van der Waals surface area contributed by atoms with Gasteiger partial charge >= 0.3 is 0 Å². The SMILES string of the molecule is CC(=O)C1C(=O)C=C(O)CC12CCOCC2. The van der Waals surface area contributed by atoms with Crippen LogP contribution in [0.4, 0.5) is 0 Å². The molecule has 1 N–H and O–H groups in total. The number of hydrogen-bond acceptors (Lipinski definition) is 4. The highest BCUT2D eigenvalue weighted by molar-refractivity contribution is 6.08. The molecule has 1 heterocycles. The molecule has 1 unspecified atom stereocenters. The Balaban J connectivity index is 2.36. The lowest BCUT2D eigenvalue weighted by atomic mass is 9.62. The Hall–Kier alpha value is -1.16. The average molecular weight is 224 g/mol. The van der Waals surface area contributed by atoms with E-state index >= 15 is 0 Å². The van der Waals surface area contributed by atoms with Gasteiger partial charge in [0, 0.05) is 25.7 Å². The fraction of sp³-hybridized carbons (Fsp3) is 0.667. The smallest absolute Gasteiger partial charge is 0.170 e. The summed E-state index contributed by atoms with van der Waals surface area (Å²) in [5, 5.41) is 9.58. The minimum atomic E-state index is -0.590. The molecule has 1 fully saturated rings. The molecule has 0 bridgehead atoms. The zero-order valence-electron chi connectivity index (χ0n) is 9.36. The highest BCUT2D eigenvalue weighted by atomic mass is 16.5. The van der Waals surface area contributed by atoms with Crippen LogP contribution in [0.15, 0.2) is 11.8 Å². The highest BCUT2D eigenvalue weighted by Gasteiger charge is 2.48. The van der Waals surface area contributed by atoms with Gasteiger partial charge in [0.15, 0.2) is 5.78 Å². The van der Waals surface area contributed by atoms with Crippen molar-refractivity contribution >= 4 is 11.6 Å². The lowest BCUT2D eigenvalue weighted by Crippen LogP contribution is -2.46. The Morgan fingerprint density at radius 2 is 2.12 bits per heavy atom. The number of hydrogen-bond donors (Lipinski definition) is 1. The number of carbonyl (C=O) groups excluding carboxylic acids is 2. The van der Waals surface area contributed by atoms with Gasteiger partial charge in [0.25, 0.3) is 0 Å². The summed E-state index contributed by atoms with van der Waals surface area (Å²) in [5.74, 6) is -0.842. The average Bonchev–Trinajstić information content (AvgIpc) is 2.16. The van der Waals surface area contributed by atoms with Crippen LogP contribution in [0.25, 0.3) is 0 Å². The summed E-state index contributed by atoms with van der Waals surface area (Å²) in [4.78, 5) is 23.4. The number of ether oxygens (including phenoxy) is 1. The normalized spacial score (nSPS) is 28.9. The first kappa shape index (κ1) is 11.3. The monoisotopic (exact) mass is 224 g/mol. The van der Waals surface area contributed by atoms with Gasteiger partial charge < -0.3 is 9.84 Å². The molecule has 2 rings (SSSR count). The molecule has 1 saturated heterocycles. The van der Waals surface area contributed by atoms with E-state index < -0.39 is 11.3 Å². The summed E-state index contributed by atoms with van der Waals surface area (Å²) in [6.07, 6.45) is 2.96. The maximum atomic E-state index is 11.8. The van der Waals surface area contributed by atoms with Crippen molar-refractivity contribution in [2.24, 2.45) is 11.3 Å². The molecule has 16 heavy (non-hydrogen) atoms. The molecule has 0 saturated carbocycles. The Bertz CT molecular complexity index is 350. The molecule has 1 aliphatic carbocycles. The molecule has 1 atom stereocenters. The quantitative estimate of drug-likeness (QED) is 0.684. The number of rotatable bonds is 1. The van der Waals surface area contributed by atoms with E-state index in [1.807, 2.05) is 0 Å². The Morgan fingerprint density at radius 1 is 1.50 bits per heavy atom.